The number of hydrogen-bond acceptors (Lipinski definition) is 3. The van der Waals surface area contributed by atoms with Gasteiger partial charge >= 0.3 is 0 Å². The quantitative estimate of drug-likeness (QED) is 0.805. The van der Waals surface area contributed by atoms with Crippen molar-refractivity contribution in [2.24, 2.45) is 0 Å². The molecule has 0 spiro atoms. The van der Waals surface area contributed by atoms with Crippen molar-refractivity contribution in [3.05, 3.63) is 29.3 Å². The second-order valence-corrected chi connectivity index (χ2v) is 5.93. The van der Waals surface area contributed by atoms with Gasteiger partial charge < -0.3 is 10.6 Å². The summed E-state index contributed by atoms with van der Waals surface area (Å²) in [5.41, 5.74) is 2.83. The van der Waals surface area contributed by atoms with Crippen LogP contribution in [-0.2, 0) is 0 Å². The van der Waals surface area contributed by atoms with Crippen LogP contribution in [0.2, 0.25) is 0 Å². The van der Waals surface area contributed by atoms with Gasteiger partial charge in [0.15, 0.2) is 0 Å². The van der Waals surface area contributed by atoms with Gasteiger partial charge in [-0.25, -0.2) is 0 Å². The lowest BCUT2D eigenvalue weighted by Gasteiger charge is -2.11. The van der Waals surface area contributed by atoms with Gasteiger partial charge in [0.2, 0.25) is 0 Å². The van der Waals surface area contributed by atoms with E-state index in [0.29, 0.717) is 5.25 Å². The van der Waals surface area contributed by atoms with Crippen molar-refractivity contribution in [3.8, 4) is 0 Å². The number of nitrogens with one attached hydrogen (secondary N) is 2. The molecule has 0 aliphatic carbocycles. The first-order chi connectivity index (χ1) is 9.08. The van der Waals surface area contributed by atoms with Crippen LogP contribution in [0.15, 0.2) is 18.2 Å². The van der Waals surface area contributed by atoms with Gasteiger partial charge in [-0.05, 0) is 50.3 Å². The molecule has 0 aliphatic rings. The van der Waals surface area contributed by atoms with Gasteiger partial charge in [0.25, 0.3) is 5.91 Å². The number of carbonyl (C=O) groups excluding carboxylic acids is 1. The SMILES string of the molecule is CCNc1ccc(C(=O)NCCC(C)SC)c(C)c1. The number of rotatable bonds is 7. The fraction of sp³-hybridized carbons (Fsp3) is 0.533. The first-order valence-electron chi connectivity index (χ1n) is 6.74. The molecule has 1 rings (SSSR count). The molecule has 19 heavy (non-hydrogen) atoms. The Bertz CT molecular complexity index is 421. The summed E-state index contributed by atoms with van der Waals surface area (Å²) in [7, 11) is 0. The van der Waals surface area contributed by atoms with E-state index in [2.05, 4.69) is 30.7 Å². The summed E-state index contributed by atoms with van der Waals surface area (Å²) in [6.45, 7) is 7.82. The van der Waals surface area contributed by atoms with Crippen LogP contribution in [0.5, 0.6) is 0 Å². The molecule has 0 saturated carbocycles. The summed E-state index contributed by atoms with van der Waals surface area (Å²) < 4.78 is 0. The van der Waals surface area contributed by atoms with Crippen molar-refractivity contribution in [2.45, 2.75) is 32.4 Å². The normalized spacial score (nSPS) is 12.0. The van der Waals surface area contributed by atoms with Crippen molar-refractivity contribution in [1.82, 2.24) is 5.32 Å². The highest BCUT2D eigenvalue weighted by Gasteiger charge is 2.09. The third-order valence-corrected chi connectivity index (χ3v) is 4.13. The van der Waals surface area contributed by atoms with Crippen molar-refractivity contribution in [3.63, 3.8) is 0 Å². The Balaban J connectivity index is 2.57. The molecule has 1 amide bonds. The van der Waals surface area contributed by atoms with E-state index in [9.17, 15) is 4.79 Å². The van der Waals surface area contributed by atoms with Crippen LogP contribution in [0, 0.1) is 6.92 Å². The second-order valence-electron chi connectivity index (χ2n) is 4.65. The van der Waals surface area contributed by atoms with E-state index in [1.807, 2.05) is 36.9 Å². The van der Waals surface area contributed by atoms with Crippen molar-refractivity contribution in [1.29, 1.82) is 0 Å². The maximum Gasteiger partial charge on any atom is 0.251 e. The highest BCUT2D eigenvalue weighted by molar-refractivity contribution is 7.99. The molecule has 106 valence electrons. The number of amides is 1. The van der Waals surface area contributed by atoms with E-state index in [1.165, 1.54) is 0 Å². The van der Waals surface area contributed by atoms with Crippen molar-refractivity contribution >= 4 is 23.4 Å². The highest BCUT2D eigenvalue weighted by atomic mass is 32.2. The Morgan fingerprint density at radius 1 is 1.42 bits per heavy atom. The molecular weight excluding hydrogens is 256 g/mol. The lowest BCUT2D eigenvalue weighted by Crippen LogP contribution is -2.26. The molecule has 0 heterocycles. The van der Waals surface area contributed by atoms with Crippen LogP contribution >= 0.6 is 11.8 Å². The topological polar surface area (TPSA) is 41.1 Å². The molecule has 0 radical (unpaired) electrons. The van der Waals surface area contributed by atoms with Gasteiger partial charge in [-0.2, -0.15) is 11.8 Å². The minimum Gasteiger partial charge on any atom is -0.385 e. The third kappa shape index (κ3) is 5.15. The van der Waals surface area contributed by atoms with Crippen LogP contribution in [0.4, 0.5) is 5.69 Å². The van der Waals surface area contributed by atoms with E-state index >= 15 is 0 Å². The largest absolute Gasteiger partial charge is 0.385 e. The Morgan fingerprint density at radius 2 is 2.16 bits per heavy atom. The van der Waals surface area contributed by atoms with Gasteiger partial charge in [-0.1, -0.05) is 6.92 Å². The van der Waals surface area contributed by atoms with E-state index in [1.54, 1.807) is 0 Å². The molecule has 0 saturated heterocycles. The Hall–Kier alpha value is -1.16. The molecular formula is C15H24N2OS. The molecule has 0 fully saturated rings. The predicted molar refractivity (Wildman–Crippen MR) is 85.3 cm³/mol. The lowest BCUT2D eigenvalue weighted by atomic mass is 10.1. The van der Waals surface area contributed by atoms with Crippen LogP contribution in [0.3, 0.4) is 0 Å². The molecule has 3 nitrogen and oxygen atoms in total. The molecule has 2 N–H and O–H groups in total. The zero-order valence-electron chi connectivity index (χ0n) is 12.2. The second kappa shape index (κ2) is 8.10. The van der Waals surface area contributed by atoms with Gasteiger partial charge in [0, 0.05) is 29.6 Å². The first-order valence-corrected chi connectivity index (χ1v) is 8.02. The van der Waals surface area contributed by atoms with E-state index < -0.39 is 0 Å². The summed E-state index contributed by atoms with van der Waals surface area (Å²) in [6.07, 6.45) is 3.09. The van der Waals surface area contributed by atoms with Gasteiger partial charge in [-0.15, -0.1) is 0 Å². The molecule has 4 heteroatoms. The highest BCUT2D eigenvalue weighted by Crippen LogP contribution is 2.15. The van der Waals surface area contributed by atoms with Crippen molar-refractivity contribution in [2.75, 3.05) is 24.7 Å². The first kappa shape index (κ1) is 15.9. The molecule has 0 bridgehead atoms. The van der Waals surface area contributed by atoms with Crippen LogP contribution in [0.25, 0.3) is 0 Å². The van der Waals surface area contributed by atoms with E-state index in [-0.39, 0.29) is 5.91 Å². The van der Waals surface area contributed by atoms with Crippen molar-refractivity contribution < 1.29 is 4.79 Å². The number of hydrogen-bond donors (Lipinski definition) is 2. The fourth-order valence-corrected chi connectivity index (χ4v) is 2.19. The van der Waals surface area contributed by atoms with Gasteiger partial charge in [0.1, 0.15) is 0 Å². The maximum atomic E-state index is 12.1. The summed E-state index contributed by atoms with van der Waals surface area (Å²) in [5, 5.41) is 6.81. The smallest absolute Gasteiger partial charge is 0.251 e. The number of aryl methyl sites for hydroxylation is 1. The average Bonchev–Trinajstić information content (AvgIpc) is 2.38. The average molecular weight is 280 g/mol. The van der Waals surface area contributed by atoms with E-state index in [0.717, 1.165) is 36.3 Å². The number of benzene rings is 1. The molecule has 1 aromatic carbocycles. The molecule has 1 atom stereocenters. The Kier molecular flexibility index (Phi) is 6.78. The molecule has 1 unspecified atom stereocenters. The lowest BCUT2D eigenvalue weighted by molar-refractivity contribution is 0.0953. The zero-order valence-corrected chi connectivity index (χ0v) is 13.1. The maximum absolute atomic E-state index is 12.1. The summed E-state index contributed by atoms with van der Waals surface area (Å²) in [5.74, 6) is 0.0221. The standard InChI is InChI=1S/C15H24N2OS/c1-5-16-13-6-7-14(11(2)10-13)15(18)17-9-8-12(3)19-4/h6-7,10,12,16H,5,8-9H2,1-4H3,(H,17,18). The van der Waals surface area contributed by atoms with Crippen LogP contribution in [0.1, 0.15) is 36.2 Å². The monoisotopic (exact) mass is 280 g/mol. The van der Waals surface area contributed by atoms with E-state index in [4.69, 9.17) is 0 Å². The van der Waals surface area contributed by atoms with Crippen LogP contribution in [-0.4, -0.2) is 30.5 Å². The molecule has 0 aromatic heterocycles. The fourth-order valence-electron chi connectivity index (χ4n) is 1.83. The van der Waals surface area contributed by atoms with Gasteiger partial charge in [-0.3, -0.25) is 4.79 Å². The van der Waals surface area contributed by atoms with Gasteiger partial charge in [0.05, 0.1) is 0 Å². The summed E-state index contributed by atoms with van der Waals surface area (Å²) >= 11 is 1.82. The Morgan fingerprint density at radius 3 is 2.74 bits per heavy atom. The minimum absolute atomic E-state index is 0.0221. The molecule has 0 aliphatic heterocycles. The molecule has 1 aromatic rings. The minimum atomic E-state index is 0.0221. The number of thioether (sulfide) groups is 1. The predicted octanol–water partition coefficient (Wildman–Crippen LogP) is 3.30. The summed E-state index contributed by atoms with van der Waals surface area (Å²) in [4.78, 5) is 12.1. The van der Waals surface area contributed by atoms with Crippen LogP contribution < -0.4 is 10.6 Å². The summed E-state index contributed by atoms with van der Waals surface area (Å²) in [6, 6.07) is 5.86. The number of carbonyl (C=O) groups is 1. The number of anilines is 1. The zero-order chi connectivity index (χ0) is 14.3. The third-order valence-electron chi connectivity index (χ3n) is 3.09. The Labute approximate surface area is 120 Å².